The van der Waals surface area contributed by atoms with Gasteiger partial charge in [-0.1, -0.05) is 18.1 Å². The molecule has 6 heteroatoms. The zero-order valence-corrected chi connectivity index (χ0v) is 15.3. The molecule has 0 aliphatic rings. The lowest BCUT2D eigenvalue weighted by Gasteiger charge is -2.20. The summed E-state index contributed by atoms with van der Waals surface area (Å²) in [5.74, 6) is 1.50. The lowest BCUT2D eigenvalue weighted by molar-refractivity contribution is -0.122. The highest BCUT2D eigenvalue weighted by molar-refractivity contribution is 6.04. The molecule has 0 aromatic heterocycles. The van der Waals surface area contributed by atoms with Gasteiger partial charge in [0.25, 0.3) is 5.91 Å². The van der Waals surface area contributed by atoms with E-state index in [2.05, 4.69) is 21.9 Å². The number of halogens is 1. The third kappa shape index (κ3) is 5.94. The molecule has 0 radical (unpaired) electrons. The van der Waals surface area contributed by atoms with Gasteiger partial charge in [-0.25, -0.2) is 4.39 Å². The van der Waals surface area contributed by atoms with Crippen molar-refractivity contribution in [3.8, 4) is 12.3 Å². The van der Waals surface area contributed by atoms with Crippen LogP contribution in [0.4, 0.5) is 10.1 Å². The topological polar surface area (TPSA) is 70.2 Å². The first-order chi connectivity index (χ1) is 12.9. The summed E-state index contributed by atoms with van der Waals surface area (Å²) in [5, 5.41) is 8.58. The number of nitrogens with one attached hydrogen (secondary N) is 3. The Morgan fingerprint density at radius 2 is 1.70 bits per heavy atom. The molecule has 2 aromatic rings. The van der Waals surface area contributed by atoms with Crippen LogP contribution in [0.1, 0.15) is 35.8 Å². The second-order valence-electron chi connectivity index (χ2n) is 6.11. The number of rotatable bonds is 7. The second-order valence-corrected chi connectivity index (χ2v) is 6.11. The number of hydrogen-bond donors (Lipinski definition) is 3. The molecule has 2 amide bonds. The lowest BCUT2D eigenvalue weighted by atomic mass is 10.1. The Kier molecular flexibility index (Phi) is 7.09. The minimum atomic E-state index is -0.397. The molecule has 140 valence electrons. The Hall–Kier alpha value is -3.17. The van der Waals surface area contributed by atoms with E-state index in [-0.39, 0.29) is 30.2 Å². The minimum Gasteiger partial charge on any atom is -0.344 e. The SMILES string of the molecule is C#CCNC(=O)[C@H](C)N[C@H](C)c1ccc(NC(=O)c2ccc(F)cc2)cc1. The Bertz CT molecular complexity index is 826. The maximum atomic E-state index is 12.9. The van der Waals surface area contributed by atoms with Crippen LogP contribution in [0.3, 0.4) is 0 Å². The predicted molar refractivity (Wildman–Crippen MR) is 104 cm³/mol. The van der Waals surface area contributed by atoms with Gasteiger partial charge in [-0.05, 0) is 55.8 Å². The first-order valence-electron chi connectivity index (χ1n) is 8.55. The van der Waals surface area contributed by atoms with Crippen LogP contribution in [-0.2, 0) is 4.79 Å². The first-order valence-corrected chi connectivity index (χ1v) is 8.55. The molecule has 2 aromatic carbocycles. The van der Waals surface area contributed by atoms with Crippen LogP contribution in [0.15, 0.2) is 48.5 Å². The van der Waals surface area contributed by atoms with Gasteiger partial charge < -0.3 is 10.6 Å². The first kappa shape index (κ1) is 20.1. The van der Waals surface area contributed by atoms with Crippen molar-refractivity contribution in [2.75, 3.05) is 11.9 Å². The van der Waals surface area contributed by atoms with Gasteiger partial charge in [-0.2, -0.15) is 0 Å². The van der Waals surface area contributed by atoms with Crippen LogP contribution in [0.5, 0.6) is 0 Å². The molecule has 0 aliphatic carbocycles. The van der Waals surface area contributed by atoms with Crippen LogP contribution in [-0.4, -0.2) is 24.4 Å². The summed E-state index contributed by atoms with van der Waals surface area (Å²) in [5.41, 5.74) is 1.97. The zero-order chi connectivity index (χ0) is 19.8. The number of hydrogen-bond acceptors (Lipinski definition) is 3. The number of anilines is 1. The maximum Gasteiger partial charge on any atom is 0.255 e. The minimum absolute atomic E-state index is 0.0709. The summed E-state index contributed by atoms with van der Waals surface area (Å²) < 4.78 is 12.9. The van der Waals surface area contributed by atoms with E-state index in [1.165, 1.54) is 24.3 Å². The van der Waals surface area contributed by atoms with Gasteiger partial charge in [0.2, 0.25) is 5.91 Å². The monoisotopic (exact) mass is 367 g/mol. The highest BCUT2D eigenvalue weighted by Crippen LogP contribution is 2.17. The van der Waals surface area contributed by atoms with E-state index in [0.717, 1.165) is 5.56 Å². The third-order valence-electron chi connectivity index (χ3n) is 4.03. The predicted octanol–water partition coefficient (Wildman–Crippen LogP) is 2.87. The molecule has 2 rings (SSSR count). The van der Waals surface area contributed by atoms with E-state index in [1.807, 2.05) is 19.1 Å². The molecule has 2 atom stereocenters. The number of terminal acetylenes is 1. The van der Waals surface area contributed by atoms with Crippen molar-refractivity contribution in [2.45, 2.75) is 25.9 Å². The Morgan fingerprint density at radius 3 is 2.30 bits per heavy atom. The lowest BCUT2D eigenvalue weighted by Crippen LogP contribution is -2.43. The number of carbonyl (C=O) groups is 2. The second kappa shape index (κ2) is 9.51. The van der Waals surface area contributed by atoms with Crippen molar-refractivity contribution in [1.82, 2.24) is 10.6 Å². The van der Waals surface area contributed by atoms with Gasteiger partial charge in [0, 0.05) is 17.3 Å². The molecule has 0 bridgehead atoms. The Balaban J connectivity index is 1.94. The molecule has 0 saturated heterocycles. The molecule has 0 spiro atoms. The van der Waals surface area contributed by atoms with Crippen molar-refractivity contribution < 1.29 is 14.0 Å². The number of amides is 2. The maximum absolute atomic E-state index is 12.9. The largest absolute Gasteiger partial charge is 0.344 e. The molecule has 27 heavy (non-hydrogen) atoms. The van der Waals surface area contributed by atoms with Gasteiger partial charge in [-0.3, -0.25) is 14.9 Å². The fourth-order valence-electron chi connectivity index (χ4n) is 2.50. The highest BCUT2D eigenvalue weighted by Gasteiger charge is 2.15. The summed E-state index contributed by atoms with van der Waals surface area (Å²) in [6, 6.07) is 12.2. The smallest absolute Gasteiger partial charge is 0.255 e. The van der Waals surface area contributed by atoms with E-state index >= 15 is 0 Å². The van der Waals surface area contributed by atoms with E-state index in [9.17, 15) is 14.0 Å². The van der Waals surface area contributed by atoms with Crippen molar-refractivity contribution in [2.24, 2.45) is 0 Å². The quantitative estimate of drug-likeness (QED) is 0.659. The fraction of sp³-hybridized carbons (Fsp3) is 0.238. The Labute approximate surface area is 158 Å². The van der Waals surface area contributed by atoms with E-state index in [0.29, 0.717) is 11.3 Å². The van der Waals surface area contributed by atoms with Gasteiger partial charge in [-0.15, -0.1) is 6.42 Å². The summed E-state index contributed by atoms with van der Waals surface area (Å²) >= 11 is 0. The van der Waals surface area contributed by atoms with E-state index in [1.54, 1.807) is 19.1 Å². The summed E-state index contributed by atoms with van der Waals surface area (Å²) in [6.07, 6.45) is 5.13. The summed E-state index contributed by atoms with van der Waals surface area (Å²) in [4.78, 5) is 24.0. The van der Waals surface area contributed by atoms with Crippen LogP contribution in [0.25, 0.3) is 0 Å². The molecule has 0 saturated carbocycles. The van der Waals surface area contributed by atoms with Gasteiger partial charge in [0.05, 0.1) is 12.6 Å². The summed E-state index contributed by atoms with van der Waals surface area (Å²) in [7, 11) is 0. The molecule has 3 N–H and O–H groups in total. The normalized spacial score (nSPS) is 12.5. The molecular weight excluding hydrogens is 345 g/mol. The number of carbonyl (C=O) groups excluding carboxylic acids is 2. The van der Waals surface area contributed by atoms with Crippen LogP contribution in [0.2, 0.25) is 0 Å². The van der Waals surface area contributed by atoms with Crippen molar-refractivity contribution in [3.63, 3.8) is 0 Å². The standard InChI is InChI=1S/C21H22FN3O2/c1-4-13-23-20(26)15(3)24-14(2)16-7-11-19(12-8-16)25-21(27)17-5-9-18(22)10-6-17/h1,5-12,14-15,24H,13H2,2-3H3,(H,23,26)(H,25,27)/t14-,15+/m1/s1. The van der Waals surface area contributed by atoms with Gasteiger partial charge in [0.15, 0.2) is 0 Å². The van der Waals surface area contributed by atoms with Crippen molar-refractivity contribution >= 4 is 17.5 Å². The molecular formula is C21H22FN3O2. The van der Waals surface area contributed by atoms with Gasteiger partial charge in [0.1, 0.15) is 5.82 Å². The average molecular weight is 367 g/mol. The molecule has 0 unspecified atom stereocenters. The molecule has 0 heterocycles. The van der Waals surface area contributed by atoms with E-state index in [4.69, 9.17) is 6.42 Å². The fourth-order valence-corrected chi connectivity index (χ4v) is 2.50. The summed E-state index contributed by atoms with van der Waals surface area (Å²) in [6.45, 7) is 3.90. The average Bonchev–Trinajstić information content (AvgIpc) is 2.66. The molecule has 5 nitrogen and oxygen atoms in total. The van der Waals surface area contributed by atoms with E-state index < -0.39 is 6.04 Å². The highest BCUT2D eigenvalue weighted by atomic mass is 19.1. The Morgan fingerprint density at radius 1 is 1.07 bits per heavy atom. The van der Waals surface area contributed by atoms with Crippen molar-refractivity contribution in [1.29, 1.82) is 0 Å². The van der Waals surface area contributed by atoms with Crippen LogP contribution >= 0.6 is 0 Å². The third-order valence-corrected chi connectivity index (χ3v) is 4.03. The molecule has 0 fully saturated rings. The van der Waals surface area contributed by atoms with Crippen LogP contribution < -0.4 is 16.0 Å². The zero-order valence-electron chi connectivity index (χ0n) is 15.3. The van der Waals surface area contributed by atoms with Crippen molar-refractivity contribution in [3.05, 3.63) is 65.5 Å². The van der Waals surface area contributed by atoms with Gasteiger partial charge >= 0.3 is 0 Å². The number of benzene rings is 2. The van der Waals surface area contributed by atoms with Crippen LogP contribution in [0, 0.1) is 18.2 Å². The molecule has 0 aliphatic heterocycles.